The Hall–Kier alpha value is -0.180. The summed E-state index contributed by atoms with van der Waals surface area (Å²) in [7, 11) is 0. The predicted octanol–water partition coefficient (Wildman–Crippen LogP) is 2.25. The smallest absolute Gasteiger partial charge is 0.0950 e. The van der Waals surface area contributed by atoms with Gasteiger partial charge in [0.15, 0.2) is 0 Å². The van der Waals surface area contributed by atoms with Gasteiger partial charge in [0.2, 0.25) is 0 Å². The normalized spacial score (nSPS) is 6.50. The molecule has 0 spiro atoms. The molecule has 0 aromatic heterocycles. The van der Waals surface area contributed by atoms with Gasteiger partial charge in [-0.3, -0.25) is 0 Å². The van der Waals surface area contributed by atoms with Crippen LogP contribution in [0.2, 0.25) is 0 Å². The minimum Gasteiger partial charge on any atom is -0.114 e. The standard InChI is InChI=1S/C6H2Br2/c1-3-5(4-2)6(7)8/h1-2H. The SMILES string of the molecule is C#CC(C#C)=C(Br)Br. The van der Waals surface area contributed by atoms with Crippen LogP contribution in [0.3, 0.4) is 0 Å². The molecule has 0 atom stereocenters. The van der Waals surface area contributed by atoms with E-state index in [1.165, 1.54) is 0 Å². The molecule has 0 heterocycles. The van der Waals surface area contributed by atoms with Gasteiger partial charge >= 0.3 is 0 Å². The molecule has 0 saturated heterocycles. The molecule has 0 nitrogen and oxygen atoms in total. The van der Waals surface area contributed by atoms with Crippen LogP contribution in [0.25, 0.3) is 0 Å². The molecular formula is C6H2Br2. The van der Waals surface area contributed by atoms with Gasteiger partial charge in [-0.15, -0.1) is 12.8 Å². The summed E-state index contributed by atoms with van der Waals surface area (Å²) in [4.78, 5) is 0. The molecule has 0 aliphatic rings. The first-order valence-electron chi connectivity index (χ1n) is 1.71. The molecule has 8 heavy (non-hydrogen) atoms. The third kappa shape index (κ3) is 2.21. The summed E-state index contributed by atoms with van der Waals surface area (Å²) < 4.78 is 0.648. The van der Waals surface area contributed by atoms with Crippen molar-refractivity contribution in [2.75, 3.05) is 0 Å². The number of hydrogen-bond donors (Lipinski definition) is 0. The Morgan fingerprint density at radius 2 is 1.50 bits per heavy atom. The van der Waals surface area contributed by atoms with E-state index in [2.05, 4.69) is 43.7 Å². The fraction of sp³-hybridized carbons (Fsp3) is 0. The van der Waals surface area contributed by atoms with E-state index in [0.29, 0.717) is 8.96 Å². The van der Waals surface area contributed by atoms with Crippen molar-refractivity contribution in [1.82, 2.24) is 0 Å². The van der Waals surface area contributed by atoms with Crippen LogP contribution >= 0.6 is 31.9 Å². The second-order valence-corrected chi connectivity index (χ2v) is 3.57. The fourth-order valence-corrected chi connectivity index (χ4v) is 0.609. The van der Waals surface area contributed by atoms with Gasteiger partial charge in [-0.2, -0.15) is 0 Å². The molecule has 0 aliphatic heterocycles. The van der Waals surface area contributed by atoms with Crippen LogP contribution in [0.1, 0.15) is 0 Å². The Labute approximate surface area is 65.6 Å². The van der Waals surface area contributed by atoms with E-state index in [0.717, 1.165) is 0 Å². The Morgan fingerprint density at radius 3 is 1.50 bits per heavy atom. The highest BCUT2D eigenvalue weighted by atomic mass is 79.9. The molecule has 0 aliphatic carbocycles. The Balaban J connectivity index is 4.47. The third-order valence-corrected chi connectivity index (χ3v) is 1.27. The van der Waals surface area contributed by atoms with E-state index in [9.17, 15) is 0 Å². The first kappa shape index (κ1) is 7.82. The Kier molecular flexibility index (Phi) is 3.69. The van der Waals surface area contributed by atoms with Crippen molar-refractivity contribution in [2.24, 2.45) is 0 Å². The molecule has 0 amide bonds. The average molecular weight is 234 g/mol. The van der Waals surface area contributed by atoms with Crippen LogP contribution in [-0.2, 0) is 0 Å². The molecule has 2 heteroatoms. The number of rotatable bonds is 0. The summed E-state index contributed by atoms with van der Waals surface area (Å²) in [6.45, 7) is 0. The fourth-order valence-electron chi connectivity index (χ4n) is 0.151. The zero-order valence-corrected chi connectivity index (χ0v) is 7.08. The lowest BCUT2D eigenvalue weighted by atomic mass is 10.3. The van der Waals surface area contributed by atoms with Crippen molar-refractivity contribution in [3.8, 4) is 24.7 Å². The van der Waals surface area contributed by atoms with Gasteiger partial charge in [0, 0.05) is 0 Å². The zero-order valence-electron chi connectivity index (χ0n) is 3.91. The van der Waals surface area contributed by atoms with E-state index in [1.54, 1.807) is 0 Å². The predicted molar refractivity (Wildman–Crippen MR) is 42.5 cm³/mol. The lowest BCUT2D eigenvalue weighted by Crippen LogP contribution is -1.68. The maximum absolute atomic E-state index is 4.97. The second kappa shape index (κ2) is 3.78. The van der Waals surface area contributed by atoms with Crippen LogP contribution in [0.4, 0.5) is 0 Å². The van der Waals surface area contributed by atoms with Gasteiger partial charge in [-0.1, -0.05) is 11.8 Å². The molecule has 0 aromatic rings. The topological polar surface area (TPSA) is 0 Å². The van der Waals surface area contributed by atoms with Crippen LogP contribution < -0.4 is 0 Å². The van der Waals surface area contributed by atoms with Gasteiger partial charge in [0.25, 0.3) is 0 Å². The number of halogens is 2. The molecule has 0 saturated carbocycles. The molecule has 0 rings (SSSR count). The van der Waals surface area contributed by atoms with Crippen LogP contribution in [0.5, 0.6) is 0 Å². The van der Waals surface area contributed by atoms with Crippen LogP contribution in [0.15, 0.2) is 8.96 Å². The monoisotopic (exact) mass is 232 g/mol. The first-order chi connectivity index (χ1) is 3.72. The van der Waals surface area contributed by atoms with Crippen LogP contribution in [-0.4, -0.2) is 0 Å². The molecule has 0 bridgehead atoms. The summed E-state index contributed by atoms with van der Waals surface area (Å²) in [5.41, 5.74) is 0.491. The summed E-state index contributed by atoms with van der Waals surface area (Å²) in [5, 5.41) is 0. The number of hydrogen-bond acceptors (Lipinski definition) is 0. The highest BCUT2D eigenvalue weighted by molar-refractivity contribution is 9.28. The average Bonchev–Trinajstić information content (AvgIpc) is 1.69. The zero-order chi connectivity index (χ0) is 6.57. The molecule has 0 radical (unpaired) electrons. The van der Waals surface area contributed by atoms with Gasteiger partial charge in [-0.25, -0.2) is 0 Å². The highest BCUT2D eigenvalue weighted by Crippen LogP contribution is 2.17. The quantitative estimate of drug-likeness (QED) is 0.564. The lowest BCUT2D eigenvalue weighted by molar-refractivity contribution is 1.97. The first-order valence-corrected chi connectivity index (χ1v) is 3.29. The third-order valence-electron chi connectivity index (χ3n) is 0.478. The van der Waals surface area contributed by atoms with Crippen molar-refractivity contribution < 1.29 is 0 Å². The van der Waals surface area contributed by atoms with Crippen molar-refractivity contribution in [3.63, 3.8) is 0 Å². The van der Waals surface area contributed by atoms with E-state index in [4.69, 9.17) is 12.8 Å². The largest absolute Gasteiger partial charge is 0.114 e. The van der Waals surface area contributed by atoms with E-state index in [1.807, 2.05) is 0 Å². The van der Waals surface area contributed by atoms with Crippen LogP contribution in [0, 0.1) is 24.7 Å². The maximum Gasteiger partial charge on any atom is 0.0950 e. The van der Waals surface area contributed by atoms with Gasteiger partial charge in [0.1, 0.15) is 0 Å². The summed E-state index contributed by atoms with van der Waals surface area (Å²) >= 11 is 6.14. The maximum atomic E-state index is 4.97. The van der Waals surface area contributed by atoms with E-state index < -0.39 is 0 Å². The minimum atomic E-state index is 0.491. The second-order valence-electron chi connectivity index (χ2n) is 0.924. The molecule has 0 unspecified atom stereocenters. The van der Waals surface area contributed by atoms with Gasteiger partial charge < -0.3 is 0 Å². The highest BCUT2D eigenvalue weighted by Gasteiger charge is 1.89. The summed E-state index contributed by atoms with van der Waals surface area (Å²) in [6.07, 6.45) is 9.95. The van der Waals surface area contributed by atoms with Gasteiger partial charge in [0.05, 0.1) is 8.96 Å². The molecular weight excluding hydrogens is 232 g/mol. The Bertz CT molecular complexity index is 168. The molecule has 40 valence electrons. The minimum absolute atomic E-state index is 0.491. The van der Waals surface area contributed by atoms with Gasteiger partial charge in [-0.05, 0) is 31.9 Å². The number of terminal acetylenes is 2. The molecule has 0 N–H and O–H groups in total. The lowest BCUT2D eigenvalue weighted by Gasteiger charge is -1.82. The van der Waals surface area contributed by atoms with E-state index in [-0.39, 0.29) is 0 Å². The number of allylic oxidation sites excluding steroid dienone is 1. The molecule has 0 aromatic carbocycles. The van der Waals surface area contributed by atoms with Crippen molar-refractivity contribution >= 4 is 31.9 Å². The Morgan fingerprint density at radius 1 is 1.12 bits per heavy atom. The van der Waals surface area contributed by atoms with E-state index >= 15 is 0 Å². The summed E-state index contributed by atoms with van der Waals surface area (Å²) in [5.74, 6) is 4.60. The van der Waals surface area contributed by atoms with Crippen molar-refractivity contribution in [2.45, 2.75) is 0 Å². The molecule has 0 fully saturated rings. The van der Waals surface area contributed by atoms with Crippen molar-refractivity contribution in [1.29, 1.82) is 0 Å². The summed E-state index contributed by atoms with van der Waals surface area (Å²) in [6, 6.07) is 0. The van der Waals surface area contributed by atoms with Crippen molar-refractivity contribution in [3.05, 3.63) is 8.96 Å².